The van der Waals surface area contributed by atoms with E-state index in [1.165, 1.54) is 0 Å². The summed E-state index contributed by atoms with van der Waals surface area (Å²) in [6, 6.07) is 0. The molecule has 82 valence electrons. The molecule has 0 radical (unpaired) electrons. The molecule has 0 aromatic carbocycles. The van der Waals surface area contributed by atoms with Crippen LogP contribution in [0.2, 0.25) is 0 Å². The zero-order valence-corrected chi connectivity index (χ0v) is 10.2. The summed E-state index contributed by atoms with van der Waals surface area (Å²) in [5, 5.41) is 3.94. The number of halogens is 1. The van der Waals surface area contributed by atoms with Gasteiger partial charge in [0, 0.05) is 25.0 Å². The van der Waals surface area contributed by atoms with Crippen molar-refractivity contribution in [3.8, 4) is 0 Å². The van der Waals surface area contributed by atoms with Gasteiger partial charge < -0.3 is 10.1 Å². The second-order valence-electron chi connectivity index (χ2n) is 3.82. The molecule has 1 heterocycles. The molecule has 3 nitrogen and oxygen atoms in total. The summed E-state index contributed by atoms with van der Waals surface area (Å²) in [6.45, 7) is 3.51. The highest BCUT2D eigenvalue weighted by Gasteiger charge is 2.32. The fourth-order valence-electron chi connectivity index (χ4n) is 1.64. The second-order valence-corrected chi connectivity index (χ2v) is 4.39. The molecule has 0 spiro atoms. The van der Waals surface area contributed by atoms with Crippen LogP contribution in [0.4, 0.5) is 0 Å². The van der Waals surface area contributed by atoms with Gasteiger partial charge in [0.05, 0.1) is 5.54 Å². The fourth-order valence-corrected chi connectivity index (χ4v) is 2.34. The van der Waals surface area contributed by atoms with Crippen LogP contribution in [0.15, 0.2) is 0 Å². The van der Waals surface area contributed by atoms with Crippen LogP contribution in [0.3, 0.4) is 0 Å². The molecule has 0 aromatic rings. The number of hydrogen-bond donors (Lipinski definition) is 1. The Morgan fingerprint density at radius 1 is 1.50 bits per heavy atom. The van der Waals surface area contributed by atoms with Gasteiger partial charge in [-0.15, -0.1) is 0 Å². The molecule has 4 heteroatoms. The minimum atomic E-state index is -0.0650. The molecule has 0 aromatic heterocycles. The quantitative estimate of drug-likeness (QED) is 0.787. The highest BCUT2D eigenvalue weighted by atomic mass is 79.9. The van der Waals surface area contributed by atoms with Gasteiger partial charge in [0.15, 0.2) is 0 Å². The average Bonchev–Trinajstić information content (AvgIpc) is 2.19. The molecule has 14 heavy (non-hydrogen) atoms. The van der Waals surface area contributed by atoms with Gasteiger partial charge in [-0.25, -0.2) is 0 Å². The first kappa shape index (κ1) is 12.0. The van der Waals surface area contributed by atoms with Crippen LogP contribution in [0, 0.1) is 0 Å². The minimum Gasteiger partial charge on any atom is -0.381 e. The molecule has 1 saturated heterocycles. The highest BCUT2D eigenvalue weighted by molar-refractivity contribution is 9.09. The van der Waals surface area contributed by atoms with Crippen LogP contribution < -0.4 is 5.32 Å². The van der Waals surface area contributed by atoms with Gasteiger partial charge in [0.2, 0.25) is 5.91 Å². The van der Waals surface area contributed by atoms with Crippen molar-refractivity contribution in [3.63, 3.8) is 0 Å². The van der Waals surface area contributed by atoms with E-state index in [4.69, 9.17) is 4.74 Å². The molecule has 1 rings (SSSR count). The van der Waals surface area contributed by atoms with Crippen LogP contribution in [-0.4, -0.2) is 30.0 Å². The van der Waals surface area contributed by atoms with Crippen LogP contribution in [0.5, 0.6) is 0 Å². The zero-order valence-electron chi connectivity index (χ0n) is 8.64. The number of nitrogens with one attached hydrogen (secondary N) is 1. The minimum absolute atomic E-state index is 0.0650. The van der Waals surface area contributed by atoms with E-state index >= 15 is 0 Å². The first-order valence-corrected chi connectivity index (χ1v) is 6.29. The van der Waals surface area contributed by atoms with Crippen molar-refractivity contribution in [2.24, 2.45) is 0 Å². The summed E-state index contributed by atoms with van der Waals surface area (Å²) in [6.07, 6.45) is 3.34. The number of ether oxygens (including phenoxy) is 1. The third-order valence-corrected chi connectivity index (χ3v) is 3.66. The molecular formula is C10H18BrNO2. The van der Waals surface area contributed by atoms with E-state index in [9.17, 15) is 4.79 Å². The van der Waals surface area contributed by atoms with Gasteiger partial charge in [-0.2, -0.15) is 0 Å². The summed E-state index contributed by atoms with van der Waals surface area (Å²) in [7, 11) is 0. The molecule has 1 amide bonds. The summed E-state index contributed by atoms with van der Waals surface area (Å²) >= 11 is 3.48. The number of amides is 1. The van der Waals surface area contributed by atoms with Gasteiger partial charge >= 0.3 is 0 Å². The molecule has 1 fully saturated rings. The SMILES string of the molecule is CCCC(=O)NC1(CBr)CCOCC1. The lowest BCUT2D eigenvalue weighted by Gasteiger charge is -2.36. The average molecular weight is 264 g/mol. The largest absolute Gasteiger partial charge is 0.381 e. The van der Waals surface area contributed by atoms with Gasteiger partial charge in [-0.3, -0.25) is 4.79 Å². The third-order valence-electron chi connectivity index (χ3n) is 2.59. The van der Waals surface area contributed by atoms with Crippen LogP contribution in [-0.2, 0) is 9.53 Å². The van der Waals surface area contributed by atoms with Crippen LogP contribution in [0.25, 0.3) is 0 Å². The molecule has 1 N–H and O–H groups in total. The lowest BCUT2D eigenvalue weighted by Crippen LogP contribution is -2.53. The van der Waals surface area contributed by atoms with Gasteiger partial charge in [0.1, 0.15) is 0 Å². The summed E-state index contributed by atoms with van der Waals surface area (Å²) in [5.74, 6) is 0.161. The number of carbonyl (C=O) groups excluding carboxylic acids is 1. The fraction of sp³-hybridized carbons (Fsp3) is 0.900. The molecule has 1 aliphatic heterocycles. The Morgan fingerprint density at radius 3 is 2.64 bits per heavy atom. The zero-order chi connectivity index (χ0) is 10.4. The monoisotopic (exact) mass is 263 g/mol. The maximum absolute atomic E-state index is 11.5. The van der Waals surface area contributed by atoms with Crippen molar-refractivity contribution in [2.45, 2.75) is 38.1 Å². The van der Waals surface area contributed by atoms with E-state index in [0.29, 0.717) is 6.42 Å². The Bertz CT molecular complexity index is 191. The Kier molecular flexibility index (Phi) is 4.89. The van der Waals surface area contributed by atoms with E-state index in [2.05, 4.69) is 21.2 Å². The molecular weight excluding hydrogens is 246 g/mol. The van der Waals surface area contributed by atoms with E-state index in [1.807, 2.05) is 6.92 Å². The van der Waals surface area contributed by atoms with Crippen molar-refractivity contribution < 1.29 is 9.53 Å². The van der Waals surface area contributed by atoms with Gasteiger partial charge in [-0.05, 0) is 19.3 Å². The van der Waals surface area contributed by atoms with Crippen LogP contribution in [0.1, 0.15) is 32.6 Å². The topological polar surface area (TPSA) is 38.3 Å². The Hall–Kier alpha value is -0.0900. The third kappa shape index (κ3) is 3.24. The number of hydrogen-bond acceptors (Lipinski definition) is 2. The lowest BCUT2D eigenvalue weighted by molar-refractivity contribution is -0.123. The number of alkyl halides is 1. The molecule has 0 atom stereocenters. The maximum Gasteiger partial charge on any atom is 0.220 e. The van der Waals surface area contributed by atoms with E-state index in [0.717, 1.165) is 37.8 Å². The number of rotatable bonds is 4. The van der Waals surface area contributed by atoms with Gasteiger partial charge in [-0.1, -0.05) is 22.9 Å². The summed E-state index contributed by atoms with van der Waals surface area (Å²) in [5.41, 5.74) is -0.0650. The Labute approximate surface area is 93.7 Å². The molecule has 0 aliphatic carbocycles. The first-order valence-electron chi connectivity index (χ1n) is 5.17. The molecule has 1 aliphatic rings. The van der Waals surface area contributed by atoms with Crippen molar-refractivity contribution >= 4 is 21.8 Å². The summed E-state index contributed by atoms with van der Waals surface area (Å²) < 4.78 is 5.30. The standard InChI is InChI=1S/C10H18BrNO2/c1-2-3-9(13)12-10(8-11)4-6-14-7-5-10/h2-8H2,1H3,(H,12,13). The van der Waals surface area contributed by atoms with Crippen molar-refractivity contribution in [1.82, 2.24) is 5.32 Å². The molecule has 0 unspecified atom stereocenters. The van der Waals surface area contributed by atoms with Gasteiger partial charge in [0.25, 0.3) is 0 Å². The van der Waals surface area contributed by atoms with Crippen molar-refractivity contribution in [2.75, 3.05) is 18.5 Å². The lowest BCUT2D eigenvalue weighted by atomic mass is 9.92. The van der Waals surface area contributed by atoms with Crippen LogP contribution >= 0.6 is 15.9 Å². The van der Waals surface area contributed by atoms with Crippen molar-refractivity contribution in [1.29, 1.82) is 0 Å². The normalized spacial score (nSPS) is 20.4. The first-order chi connectivity index (χ1) is 6.72. The predicted molar refractivity (Wildman–Crippen MR) is 59.6 cm³/mol. The Balaban J connectivity index is 2.47. The van der Waals surface area contributed by atoms with E-state index in [-0.39, 0.29) is 11.4 Å². The smallest absolute Gasteiger partial charge is 0.220 e. The Morgan fingerprint density at radius 2 is 2.14 bits per heavy atom. The number of carbonyl (C=O) groups is 1. The second kappa shape index (κ2) is 5.71. The summed E-state index contributed by atoms with van der Waals surface area (Å²) in [4.78, 5) is 11.5. The predicted octanol–water partition coefficient (Wildman–Crippen LogP) is 1.85. The van der Waals surface area contributed by atoms with E-state index in [1.54, 1.807) is 0 Å². The molecule has 0 saturated carbocycles. The van der Waals surface area contributed by atoms with E-state index < -0.39 is 0 Å². The van der Waals surface area contributed by atoms with Crippen molar-refractivity contribution in [3.05, 3.63) is 0 Å². The highest BCUT2D eigenvalue weighted by Crippen LogP contribution is 2.23. The maximum atomic E-state index is 11.5. The molecule has 0 bridgehead atoms.